The summed E-state index contributed by atoms with van der Waals surface area (Å²) in [6, 6.07) is 3.27. The van der Waals surface area contributed by atoms with Gasteiger partial charge in [-0.25, -0.2) is 4.39 Å². The van der Waals surface area contributed by atoms with Gasteiger partial charge in [0.2, 0.25) is 11.8 Å². The fourth-order valence-electron chi connectivity index (χ4n) is 5.06. The molecule has 0 saturated carbocycles. The van der Waals surface area contributed by atoms with Crippen LogP contribution < -0.4 is 15.4 Å². The Bertz CT molecular complexity index is 1130. The van der Waals surface area contributed by atoms with Crippen LogP contribution in [0.4, 0.5) is 4.39 Å². The number of benzene rings is 1. The number of rotatable bonds is 3. The Kier molecular flexibility index (Phi) is 7.37. The minimum absolute atomic E-state index is 0.0518. The average molecular weight is 486 g/mol. The van der Waals surface area contributed by atoms with E-state index in [2.05, 4.69) is 15.7 Å². The van der Waals surface area contributed by atoms with Crippen molar-refractivity contribution in [1.82, 2.24) is 25.3 Å². The first-order valence-corrected chi connectivity index (χ1v) is 12.0. The van der Waals surface area contributed by atoms with Crippen LogP contribution in [0.3, 0.4) is 0 Å². The maximum Gasteiger partial charge on any atom is 0.255 e. The molecular weight excluding hydrogens is 453 g/mol. The zero-order valence-corrected chi connectivity index (χ0v) is 20.4. The molecule has 2 aliphatic heterocycles. The fourth-order valence-corrected chi connectivity index (χ4v) is 5.06. The van der Waals surface area contributed by atoms with Crippen molar-refractivity contribution < 1.29 is 23.5 Å². The van der Waals surface area contributed by atoms with Crippen LogP contribution in [0.5, 0.6) is 5.75 Å². The van der Waals surface area contributed by atoms with Gasteiger partial charge in [0.15, 0.2) is 0 Å². The highest BCUT2D eigenvalue weighted by atomic mass is 19.1. The number of amides is 3. The van der Waals surface area contributed by atoms with Crippen LogP contribution in [0.1, 0.15) is 53.0 Å². The third-order valence-electron chi connectivity index (χ3n) is 6.94. The van der Waals surface area contributed by atoms with E-state index < -0.39 is 11.7 Å². The van der Waals surface area contributed by atoms with E-state index in [1.807, 2.05) is 25.6 Å². The molecule has 9 nitrogen and oxygen atoms in total. The second-order valence-corrected chi connectivity index (χ2v) is 9.21. The highest BCUT2D eigenvalue weighted by molar-refractivity contribution is 5.97. The lowest BCUT2D eigenvalue weighted by Gasteiger charge is -2.31. The van der Waals surface area contributed by atoms with Crippen molar-refractivity contribution in [3.63, 3.8) is 0 Å². The van der Waals surface area contributed by atoms with Gasteiger partial charge < -0.3 is 20.3 Å². The molecule has 2 N–H and O–H groups in total. The zero-order chi connectivity index (χ0) is 25.1. The van der Waals surface area contributed by atoms with Gasteiger partial charge in [0, 0.05) is 44.2 Å². The first-order valence-electron chi connectivity index (χ1n) is 12.0. The van der Waals surface area contributed by atoms with Gasteiger partial charge in [-0.1, -0.05) is 0 Å². The van der Waals surface area contributed by atoms with E-state index in [9.17, 15) is 18.8 Å². The molecule has 35 heavy (non-hydrogen) atoms. The Balaban J connectivity index is 1.53. The number of nitrogens with one attached hydrogen (secondary N) is 2. The molecule has 0 radical (unpaired) electrons. The van der Waals surface area contributed by atoms with E-state index in [-0.39, 0.29) is 67.7 Å². The number of ether oxygens (including phenoxy) is 1. The number of nitrogens with zero attached hydrogens (tertiary/aromatic N) is 3. The van der Waals surface area contributed by atoms with E-state index in [0.717, 1.165) is 23.0 Å². The van der Waals surface area contributed by atoms with Gasteiger partial charge >= 0.3 is 0 Å². The molecule has 0 aliphatic carbocycles. The summed E-state index contributed by atoms with van der Waals surface area (Å²) in [4.78, 5) is 40.7. The Morgan fingerprint density at radius 3 is 2.71 bits per heavy atom. The highest BCUT2D eigenvalue weighted by Crippen LogP contribution is 2.28. The molecule has 2 aromatic rings. The Morgan fingerprint density at radius 2 is 1.97 bits per heavy atom. The third kappa shape index (κ3) is 5.47. The molecule has 188 valence electrons. The molecule has 1 saturated heterocycles. The lowest BCUT2D eigenvalue weighted by Crippen LogP contribution is -2.48. The summed E-state index contributed by atoms with van der Waals surface area (Å²) in [6.45, 7) is 4.50. The molecule has 4 rings (SSSR count). The van der Waals surface area contributed by atoms with Crippen molar-refractivity contribution in [3.05, 3.63) is 46.5 Å². The largest absolute Gasteiger partial charge is 0.491 e. The molecule has 0 spiro atoms. The Hall–Kier alpha value is -3.43. The number of hydrogen-bond acceptors (Lipinski definition) is 5. The monoisotopic (exact) mass is 485 g/mol. The zero-order valence-electron chi connectivity index (χ0n) is 20.4. The van der Waals surface area contributed by atoms with Crippen LogP contribution in [-0.4, -0.2) is 64.2 Å². The lowest BCUT2D eigenvalue weighted by atomic mass is 10.1. The smallest absolute Gasteiger partial charge is 0.255 e. The van der Waals surface area contributed by atoms with Crippen LogP contribution in [-0.2, 0) is 23.1 Å². The minimum Gasteiger partial charge on any atom is -0.491 e. The molecule has 2 bridgehead atoms. The minimum atomic E-state index is -0.546. The molecule has 3 amide bonds. The average Bonchev–Trinajstić information content (AvgIpc) is 3.32. The molecule has 0 unspecified atom stereocenters. The number of aromatic nitrogens is 2. The van der Waals surface area contributed by atoms with Gasteiger partial charge in [-0.15, -0.1) is 0 Å². The van der Waals surface area contributed by atoms with Crippen molar-refractivity contribution in [3.8, 4) is 5.75 Å². The quantitative estimate of drug-likeness (QED) is 0.690. The second-order valence-electron chi connectivity index (χ2n) is 9.21. The van der Waals surface area contributed by atoms with E-state index in [1.54, 1.807) is 4.90 Å². The van der Waals surface area contributed by atoms with Crippen LogP contribution in [0.15, 0.2) is 18.2 Å². The number of carbonyl (C=O) groups is 3. The summed E-state index contributed by atoms with van der Waals surface area (Å²) in [6.07, 6.45) is 2.39. The van der Waals surface area contributed by atoms with E-state index in [0.29, 0.717) is 19.3 Å². The van der Waals surface area contributed by atoms with Gasteiger partial charge in [0.1, 0.15) is 18.2 Å². The van der Waals surface area contributed by atoms with Crippen molar-refractivity contribution in [2.24, 2.45) is 7.05 Å². The molecule has 10 heteroatoms. The van der Waals surface area contributed by atoms with Gasteiger partial charge in [-0.3, -0.25) is 19.1 Å². The van der Waals surface area contributed by atoms with Crippen molar-refractivity contribution in [2.75, 3.05) is 19.7 Å². The molecular formula is C25H32FN5O4. The predicted molar refractivity (Wildman–Crippen MR) is 127 cm³/mol. The molecule has 1 fully saturated rings. The predicted octanol–water partition coefficient (Wildman–Crippen LogP) is 1.80. The number of halogens is 1. The maximum absolute atomic E-state index is 13.8. The first kappa shape index (κ1) is 24.7. The fraction of sp³-hybridized carbons (Fsp3) is 0.520. The van der Waals surface area contributed by atoms with Gasteiger partial charge in [0.05, 0.1) is 17.8 Å². The van der Waals surface area contributed by atoms with Crippen molar-refractivity contribution in [2.45, 2.75) is 58.0 Å². The summed E-state index contributed by atoms with van der Waals surface area (Å²) < 4.78 is 21.3. The summed E-state index contributed by atoms with van der Waals surface area (Å²) >= 11 is 0. The van der Waals surface area contributed by atoms with Gasteiger partial charge in [-0.2, -0.15) is 5.10 Å². The van der Waals surface area contributed by atoms with Gasteiger partial charge in [0.25, 0.3) is 5.91 Å². The lowest BCUT2D eigenvalue weighted by molar-refractivity contribution is -0.135. The second kappa shape index (κ2) is 10.5. The third-order valence-corrected chi connectivity index (χ3v) is 6.94. The standard InChI is InChI=1S/C25H32FN5O4/c1-15-20(16(2)30(3)29-15)7-9-24(33)31-18-5-6-19(31)14-28-25(34)21-12-17(26)4-8-22(21)35-11-10-27-23(32)13-18/h4,8,12,18-19H,5-7,9-11,13-14H2,1-3H3,(H,27,32)(H,28,34)/t18-,19+/m0/s1. The summed E-state index contributed by atoms with van der Waals surface area (Å²) in [5.41, 5.74) is 3.07. The van der Waals surface area contributed by atoms with E-state index >= 15 is 0 Å². The summed E-state index contributed by atoms with van der Waals surface area (Å²) in [5, 5.41) is 10.1. The SMILES string of the molecule is Cc1nn(C)c(C)c1CCC(=O)N1[C@@H]2CC[C@H]1CC(=O)NCCOc1ccc(F)cc1C(=O)NC2. The van der Waals surface area contributed by atoms with E-state index in [1.165, 1.54) is 12.1 Å². The Labute approximate surface area is 204 Å². The van der Waals surface area contributed by atoms with Crippen LogP contribution in [0, 0.1) is 19.7 Å². The molecule has 2 aliphatic rings. The summed E-state index contributed by atoms with van der Waals surface area (Å²) in [7, 11) is 1.88. The first-order chi connectivity index (χ1) is 16.7. The molecule has 1 aromatic carbocycles. The number of aryl methyl sites for hydroxylation is 2. The Morgan fingerprint density at radius 1 is 1.20 bits per heavy atom. The number of fused-ring (bicyclic) bond motifs is 3. The number of carbonyl (C=O) groups excluding carboxylic acids is 3. The van der Waals surface area contributed by atoms with Crippen molar-refractivity contribution >= 4 is 17.7 Å². The van der Waals surface area contributed by atoms with E-state index in [4.69, 9.17) is 4.74 Å². The van der Waals surface area contributed by atoms with Gasteiger partial charge in [-0.05, 0) is 56.9 Å². The molecule has 1 aromatic heterocycles. The van der Waals surface area contributed by atoms with Crippen molar-refractivity contribution in [1.29, 1.82) is 0 Å². The summed E-state index contributed by atoms with van der Waals surface area (Å²) in [5.74, 6) is -0.969. The van der Waals surface area contributed by atoms with Crippen LogP contribution in [0.2, 0.25) is 0 Å². The normalized spacial score (nSPS) is 21.0. The van der Waals surface area contributed by atoms with Crippen LogP contribution >= 0.6 is 0 Å². The molecule has 2 atom stereocenters. The highest BCUT2D eigenvalue weighted by Gasteiger charge is 2.38. The van der Waals surface area contributed by atoms with Crippen LogP contribution in [0.25, 0.3) is 0 Å². The topological polar surface area (TPSA) is 106 Å². The maximum atomic E-state index is 13.8. The number of hydrogen-bond donors (Lipinski definition) is 2. The molecule has 3 heterocycles.